The van der Waals surface area contributed by atoms with Gasteiger partial charge in [-0.25, -0.2) is 4.39 Å². The molecule has 1 aromatic rings. The lowest BCUT2D eigenvalue weighted by Gasteiger charge is -2.10. The van der Waals surface area contributed by atoms with Crippen LogP contribution in [0.5, 0.6) is 0 Å². The van der Waals surface area contributed by atoms with Gasteiger partial charge >= 0.3 is 0 Å². The maximum atomic E-state index is 12.2. The quantitative estimate of drug-likeness (QED) is 0.794. The van der Waals surface area contributed by atoms with Crippen LogP contribution in [0.3, 0.4) is 0 Å². The average Bonchev–Trinajstić information content (AvgIpc) is 2.03. The van der Waals surface area contributed by atoms with E-state index < -0.39 is 12.7 Å². The van der Waals surface area contributed by atoms with Crippen molar-refractivity contribution < 1.29 is 4.39 Å². The average molecular weight is 208 g/mol. The van der Waals surface area contributed by atoms with E-state index in [1.165, 1.54) is 0 Å². The minimum absolute atomic E-state index is 0.410. The maximum Gasteiger partial charge on any atom is 0.109 e. The fourth-order valence-electron chi connectivity index (χ4n) is 0.942. The molecular weight excluding hydrogens is 200 g/mol. The second kappa shape index (κ2) is 4.08. The van der Waals surface area contributed by atoms with Crippen molar-refractivity contribution in [2.45, 2.75) is 6.04 Å². The van der Waals surface area contributed by atoms with Crippen LogP contribution in [-0.4, -0.2) is 6.67 Å². The van der Waals surface area contributed by atoms with Gasteiger partial charge in [-0.3, -0.25) is 0 Å². The number of nitrogens with two attached hydrogens (primary N) is 1. The minimum atomic E-state index is -0.730. The van der Waals surface area contributed by atoms with E-state index in [0.29, 0.717) is 15.6 Å². The molecule has 0 unspecified atom stereocenters. The Kier molecular flexibility index (Phi) is 3.32. The number of hydrogen-bond acceptors (Lipinski definition) is 1. The van der Waals surface area contributed by atoms with Crippen molar-refractivity contribution in [3.8, 4) is 0 Å². The van der Waals surface area contributed by atoms with Gasteiger partial charge in [0, 0.05) is 15.6 Å². The highest BCUT2D eigenvalue weighted by Crippen LogP contribution is 2.28. The molecule has 0 amide bonds. The summed E-state index contributed by atoms with van der Waals surface area (Å²) in [5, 5.41) is 0.820. The van der Waals surface area contributed by atoms with Crippen LogP contribution in [0.4, 0.5) is 4.39 Å². The molecule has 0 saturated heterocycles. The first-order valence-corrected chi connectivity index (χ1v) is 4.18. The number of alkyl halides is 1. The van der Waals surface area contributed by atoms with Gasteiger partial charge in [0.25, 0.3) is 0 Å². The Hall–Kier alpha value is -0.310. The fourth-order valence-corrected chi connectivity index (χ4v) is 1.62. The zero-order chi connectivity index (χ0) is 9.14. The van der Waals surface area contributed by atoms with Gasteiger partial charge in [-0.1, -0.05) is 29.3 Å². The molecule has 0 saturated carbocycles. The Morgan fingerprint density at radius 3 is 2.25 bits per heavy atom. The maximum absolute atomic E-state index is 12.2. The van der Waals surface area contributed by atoms with Crippen LogP contribution >= 0.6 is 23.2 Å². The Morgan fingerprint density at radius 2 is 1.83 bits per heavy atom. The van der Waals surface area contributed by atoms with Gasteiger partial charge in [0.2, 0.25) is 0 Å². The Balaban J connectivity index is 3.12. The van der Waals surface area contributed by atoms with Crippen LogP contribution in [0, 0.1) is 0 Å². The highest BCUT2D eigenvalue weighted by atomic mass is 35.5. The molecule has 0 aliphatic heterocycles. The number of hydrogen-bond donors (Lipinski definition) is 1. The van der Waals surface area contributed by atoms with Crippen LogP contribution in [0.25, 0.3) is 0 Å². The van der Waals surface area contributed by atoms with E-state index in [2.05, 4.69) is 0 Å². The van der Waals surface area contributed by atoms with Crippen LogP contribution in [0.2, 0.25) is 10.0 Å². The van der Waals surface area contributed by atoms with Crippen LogP contribution in [0.15, 0.2) is 18.2 Å². The predicted octanol–water partition coefficient (Wildman–Crippen LogP) is 2.96. The van der Waals surface area contributed by atoms with E-state index in [9.17, 15) is 4.39 Å². The summed E-state index contributed by atoms with van der Waals surface area (Å²) in [6.07, 6.45) is 0. The first-order chi connectivity index (χ1) is 5.66. The molecule has 0 spiro atoms. The fraction of sp³-hybridized carbons (Fsp3) is 0.250. The van der Waals surface area contributed by atoms with Gasteiger partial charge in [-0.15, -0.1) is 0 Å². The van der Waals surface area contributed by atoms with Crippen molar-refractivity contribution in [3.63, 3.8) is 0 Å². The molecule has 0 aliphatic rings. The first-order valence-electron chi connectivity index (χ1n) is 3.42. The lowest BCUT2D eigenvalue weighted by Crippen LogP contribution is -2.13. The van der Waals surface area contributed by atoms with Gasteiger partial charge in [0.1, 0.15) is 6.67 Å². The van der Waals surface area contributed by atoms with E-state index in [1.54, 1.807) is 18.2 Å². The van der Waals surface area contributed by atoms with Crippen molar-refractivity contribution >= 4 is 23.2 Å². The molecule has 0 heterocycles. The third-order valence-corrected chi connectivity index (χ3v) is 2.20. The van der Waals surface area contributed by atoms with E-state index in [1.807, 2.05) is 0 Å². The molecule has 1 nitrogen and oxygen atoms in total. The van der Waals surface area contributed by atoms with Gasteiger partial charge in [0.15, 0.2) is 0 Å². The van der Waals surface area contributed by atoms with Crippen LogP contribution < -0.4 is 5.73 Å². The van der Waals surface area contributed by atoms with Gasteiger partial charge < -0.3 is 5.73 Å². The summed E-state index contributed by atoms with van der Waals surface area (Å²) in [6.45, 7) is -0.663. The molecule has 0 fully saturated rings. The minimum Gasteiger partial charge on any atom is -0.322 e. The smallest absolute Gasteiger partial charge is 0.109 e. The van der Waals surface area contributed by atoms with Crippen LogP contribution in [-0.2, 0) is 0 Å². The second-order valence-electron chi connectivity index (χ2n) is 2.40. The highest BCUT2D eigenvalue weighted by Gasteiger charge is 2.12. The van der Waals surface area contributed by atoms with Crippen molar-refractivity contribution in [2.24, 2.45) is 5.73 Å². The zero-order valence-electron chi connectivity index (χ0n) is 6.23. The molecule has 12 heavy (non-hydrogen) atoms. The number of rotatable bonds is 2. The third-order valence-electron chi connectivity index (χ3n) is 1.54. The summed E-state index contributed by atoms with van der Waals surface area (Å²) >= 11 is 11.5. The van der Waals surface area contributed by atoms with Gasteiger partial charge in [-0.2, -0.15) is 0 Å². The molecule has 1 atom stereocenters. The molecule has 1 aromatic carbocycles. The zero-order valence-corrected chi connectivity index (χ0v) is 7.74. The summed E-state index contributed by atoms with van der Waals surface area (Å²) in [6, 6.07) is 4.24. The molecule has 1 rings (SSSR count). The van der Waals surface area contributed by atoms with Gasteiger partial charge in [0.05, 0.1) is 6.04 Å². The molecule has 66 valence electrons. The predicted molar refractivity (Wildman–Crippen MR) is 49.4 cm³/mol. The monoisotopic (exact) mass is 207 g/mol. The van der Waals surface area contributed by atoms with Crippen LogP contribution in [0.1, 0.15) is 11.6 Å². The lowest BCUT2D eigenvalue weighted by molar-refractivity contribution is 0.437. The SMILES string of the molecule is N[C@@H](CF)c1c(Cl)cccc1Cl. The number of benzene rings is 1. The van der Waals surface area contributed by atoms with Crippen molar-refractivity contribution in [3.05, 3.63) is 33.8 Å². The van der Waals surface area contributed by atoms with Crippen molar-refractivity contribution in [1.29, 1.82) is 0 Å². The largest absolute Gasteiger partial charge is 0.322 e. The second-order valence-corrected chi connectivity index (χ2v) is 3.21. The Morgan fingerprint density at radius 1 is 1.33 bits per heavy atom. The van der Waals surface area contributed by atoms with E-state index in [4.69, 9.17) is 28.9 Å². The van der Waals surface area contributed by atoms with E-state index in [0.717, 1.165) is 0 Å². The molecule has 4 heteroatoms. The lowest BCUT2D eigenvalue weighted by atomic mass is 10.1. The molecule has 0 radical (unpaired) electrons. The molecule has 0 aromatic heterocycles. The summed E-state index contributed by atoms with van der Waals surface area (Å²) < 4.78 is 12.2. The highest BCUT2D eigenvalue weighted by molar-refractivity contribution is 6.36. The topological polar surface area (TPSA) is 26.0 Å². The summed E-state index contributed by atoms with van der Waals surface area (Å²) in [5.41, 5.74) is 5.93. The summed E-state index contributed by atoms with van der Waals surface area (Å²) in [7, 11) is 0. The normalized spacial score (nSPS) is 13.0. The molecule has 0 aliphatic carbocycles. The Bertz CT molecular complexity index is 258. The molecule has 0 bridgehead atoms. The standard InChI is InChI=1S/C8H8Cl2FN/c9-5-2-1-3-6(10)8(5)7(12)4-11/h1-3,7H,4,12H2/t7-/m0/s1. The number of halogens is 3. The summed E-state index contributed by atoms with van der Waals surface area (Å²) in [5.74, 6) is 0. The van der Waals surface area contributed by atoms with Crippen molar-refractivity contribution in [1.82, 2.24) is 0 Å². The van der Waals surface area contributed by atoms with Gasteiger partial charge in [-0.05, 0) is 12.1 Å². The first kappa shape index (κ1) is 9.78. The summed E-state index contributed by atoms with van der Waals surface area (Å²) in [4.78, 5) is 0. The molecule has 2 N–H and O–H groups in total. The van der Waals surface area contributed by atoms with E-state index >= 15 is 0 Å². The Labute approximate surface area is 80.3 Å². The third kappa shape index (κ3) is 1.89. The van der Waals surface area contributed by atoms with E-state index in [-0.39, 0.29) is 0 Å². The molecular formula is C8H8Cl2FN. The van der Waals surface area contributed by atoms with Crippen molar-refractivity contribution in [2.75, 3.05) is 6.67 Å².